The van der Waals surface area contributed by atoms with Gasteiger partial charge in [0.2, 0.25) is 12.7 Å². The minimum Gasteiger partial charge on any atom is -0.454 e. The van der Waals surface area contributed by atoms with Crippen LogP contribution in [-0.2, 0) is 24.2 Å². The number of rotatable bonds is 5. The van der Waals surface area contributed by atoms with E-state index in [0.29, 0.717) is 12.3 Å². The minimum atomic E-state index is -0.396. The molecule has 136 valence electrons. The number of aromatic nitrogens is 1. The van der Waals surface area contributed by atoms with Gasteiger partial charge in [-0.25, -0.2) is 0 Å². The molecule has 6 heteroatoms. The van der Waals surface area contributed by atoms with Crippen LogP contribution in [0.2, 0.25) is 0 Å². The van der Waals surface area contributed by atoms with Crippen LogP contribution in [0.25, 0.3) is 0 Å². The van der Waals surface area contributed by atoms with Gasteiger partial charge in [0, 0.05) is 18.4 Å². The molecule has 2 aliphatic rings. The molecule has 2 heterocycles. The number of carbonyl (C=O) groups is 1. The summed E-state index contributed by atoms with van der Waals surface area (Å²) in [6, 6.07) is 7.41. The summed E-state index contributed by atoms with van der Waals surface area (Å²) in [5.41, 5.74) is 4.44. The highest BCUT2D eigenvalue weighted by Crippen LogP contribution is 2.35. The van der Waals surface area contributed by atoms with Gasteiger partial charge in [0.1, 0.15) is 6.04 Å². The Balaban J connectivity index is 1.47. The van der Waals surface area contributed by atoms with Gasteiger partial charge in [-0.3, -0.25) is 14.7 Å². The average molecular weight is 353 g/mol. The normalized spacial score (nSPS) is 15.8. The van der Waals surface area contributed by atoms with Crippen molar-refractivity contribution in [2.24, 2.45) is 0 Å². The molecule has 1 aromatic carbocycles. The second kappa shape index (κ2) is 6.96. The highest BCUT2D eigenvalue weighted by molar-refractivity contribution is 5.83. The van der Waals surface area contributed by atoms with Gasteiger partial charge in [0.05, 0.1) is 0 Å². The minimum absolute atomic E-state index is 0.0469. The van der Waals surface area contributed by atoms with Crippen molar-refractivity contribution in [3.63, 3.8) is 0 Å². The molecular formula is C20H23N3O3. The van der Waals surface area contributed by atoms with Gasteiger partial charge in [-0.2, -0.15) is 0 Å². The van der Waals surface area contributed by atoms with E-state index in [4.69, 9.17) is 9.47 Å². The number of carbonyl (C=O) groups excluding carboxylic acids is 1. The number of nitrogens with zero attached hydrogens (tertiary/aromatic N) is 2. The number of amides is 1. The molecule has 0 saturated heterocycles. The van der Waals surface area contributed by atoms with Gasteiger partial charge < -0.3 is 14.8 Å². The predicted octanol–water partition coefficient (Wildman–Crippen LogP) is 2.22. The second-order valence-corrected chi connectivity index (χ2v) is 7.00. The van der Waals surface area contributed by atoms with Crippen LogP contribution in [0, 0.1) is 0 Å². The van der Waals surface area contributed by atoms with Crippen molar-refractivity contribution in [1.29, 1.82) is 0 Å². The van der Waals surface area contributed by atoms with Gasteiger partial charge in [0.15, 0.2) is 11.5 Å². The van der Waals surface area contributed by atoms with Crippen LogP contribution in [0.5, 0.6) is 11.5 Å². The van der Waals surface area contributed by atoms with Gasteiger partial charge in [-0.15, -0.1) is 0 Å². The maximum absolute atomic E-state index is 12.8. The Labute approximate surface area is 153 Å². The van der Waals surface area contributed by atoms with Gasteiger partial charge >= 0.3 is 0 Å². The van der Waals surface area contributed by atoms with Crippen LogP contribution in [0.1, 0.15) is 34.8 Å². The van der Waals surface area contributed by atoms with E-state index in [1.54, 1.807) is 0 Å². The fraction of sp³-hybridized carbons (Fsp3) is 0.400. The lowest BCUT2D eigenvalue weighted by atomic mass is 10.0. The number of aryl methyl sites for hydroxylation is 2. The third-order valence-electron chi connectivity index (χ3n) is 4.92. The summed E-state index contributed by atoms with van der Waals surface area (Å²) in [6.07, 6.45) is 5.19. The van der Waals surface area contributed by atoms with Crippen LogP contribution in [0.4, 0.5) is 0 Å². The largest absolute Gasteiger partial charge is 0.454 e. The lowest BCUT2D eigenvalue weighted by Crippen LogP contribution is -2.36. The van der Waals surface area contributed by atoms with Crippen LogP contribution in [0.3, 0.4) is 0 Å². The molecule has 4 rings (SSSR count). The van der Waals surface area contributed by atoms with Gasteiger partial charge in [-0.1, -0.05) is 12.1 Å². The molecule has 1 amide bonds. The average Bonchev–Trinajstić information content (AvgIpc) is 3.27. The highest BCUT2D eigenvalue weighted by atomic mass is 16.7. The van der Waals surface area contributed by atoms with Crippen LogP contribution < -0.4 is 14.8 Å². The molecule has 1 aromatic heterocycles. The van der Waals surface area contributed by atoms with Crippen molar-refractivity contribution in [1.82, 2.24) is 15.2 Å². The SMILES string of the molecule is CN(C)[C@H](C(=O)NCc1cnc2c(c1)CCC2)c1ccc2c(c1)OCO2. The Hall–Kier alpha value is -2.60. The number of benzene rings is 1. The Morgan fingerprint density at radius 3 is 2.92 bits per heavy atom. The first kappa shape index (κ1) is 16.8. The Bertz CT molecular complexity index is 835. The molecule has 0 bridgehead atoms. The van der Waals surface area contributed by atoms with E-state index in [2.05, 4.69) is 16.4 Å². The summed E-state index contributed by atoms with van der Waals surface area (Å²) in [4.78, 5) is 19.3. The molecule has 0 fully saturated rings. The number of ether oxygens (including phenoxy) is 2. The maximum atomic E-state index is 12.8. The first-order chi connectivity index (χ1) is 12.6. The number of nitrogens with one attached hydrogen (secondary N) is 1. The third kappa shape index (κ3) is 3.24. The molecule has 0 unspecified atom stereocenters. The quantitative estimate of drug-likeness (QED) is 0.893. The van der Waals surface area contributed by atoms with E-state index in [1.807, 2.05) is 43.4 Å². The number of hydrogen-bond acceptors (Lipinski definition) is 5. The lowest BCUT2D eigenvalue weighted by Gasteiger charge is -2.24. The predicted molar refractivity (Wildman–Crippen MR) is 97.1 cm³/mol. The standard InChI is InChI=1S/C20H23N3O3/c1-23(2)19(15-6-7-17-18(9-15)26-12-25-17)20(24)22-11-13-8-14-4-3-5-16(14)21-10-13/h6-10,19H,3-5,11-12H2,1-2H3,(H,22,24)/t19-/m0/s1. The van der Waals surface area contributed by atoms with Crippen molar-refractivity contribution in [3.8, 4) is 11.5 Å². The summed E-state index contributed by atoms with van der Waals surface area (Å²) in [7, 11) is 3.79. The molecule has 1 atom stereocenters. The number of pyridine rings is 1. The lowest BCUT2D eigenvalue weighted by molar-refractivity contribution is -0.125. The second-order valence-electron chi connectivity index (χ2n) is 7.00. The molecule has 0 spiro atoms. The molecule has 0 saturated carbocycles. The Kier molecular flexibility index (Phi) is 4.51. The Morgan fingerprint density at radius 1 is 1.23 bits per heavy atom. The van der Waals surface area contributed by atoms with Crippen molar-refractivity contribution in [2.75, 3.05) is 20.9 Å². The highest BCUT2D eigenvalue weighted by Gasteiger charge is 2.25. The molecule has 6 nitrogen and oxygen atoms in total. The van der Waals surface area contributed by atoms with Crippen molar-refractivity contribution in [2.45, 2.75) is 31.8 Å². The number of hydrogen-bond donors (Lipinski definition) is 1. The monoisotopic (exact) mass is 353 g/mol. The Morgan fingerprint density at radius 2 is 2.08 bits per heavy atom. The zero-order chi connectivity index (χ0) is 18.1. The summed E-state index contributed by atoms with van der Waals surface area (Å²) in [5.74, 6) is 1.36. The summed E-state index contributed by atoms with van der Waals surface area (Å²) in [5, 5.41) is 3.05. The molecule has 1 N–H and O–H groups in total. The van der Waals surface area contributed by atoms with E-state index >= 15 is 0 Å². The molecule has 0 radical (unpaired) electrons. The summed E-state index contributed by atoms with van der Waals surface area (Å²) in [6.45, 7) is 0.705. The van der Waals surface area contributed by atoms with E-state index < -0.39 is 6.04 Å². The van der Waals surface area contributed by atoms with Crippen molar-refractivity contribution in [3.05, 3.63) is 52.8 Å². The first-order valence-corrected chi connectivity index (χ1v) is 8.92. The van der Waals surface area contributed by atoms with E-state index in [0.717, 1.165) is 29.7 Å². The number of fused-ring (bicyclic) bond motifs is 2. The zero-order valence-corrected chi connectivity index (χ0v) is 15.1. The molecule has 1 aliphatic carbocycles. The summed E-state index contributed by atoms with van der Waals surface area (Å²) >= 11 is 0. The fourth-order valence-corrected chi connectivity index (χ4v) is 3.63. The van der Waals surface area contributed by atoms with Crippen molar-refractivity contribution < 1.29 is 14.3 Å². The van der Waals surface area contributed by atoms with Crippen molar-refractivity contribution >= 4 is 5.91 Å². The molecular weight excluding hydrogens is 330 g/mol. The smallest absolute Gasteiger partial charge is 0.242 e. The summed E-state index contributed by atoms with van der Waals surface area (Å²) < 4.78 is 10.8. The van der Waals surface area contributed by atoms with E-state index in [9.17, 15) is 4.79 Å². The zero-order valence-electron chi connectivity index (χ0n) is 15.1. The van der Waals surface area contributed by atoms with Crippen LogP contribution in [0.15, 0.2) is 30.5 Å². The van der Waals surface area contributed by atoms with Crippen LogP contribution in [-0.4, -0.2) is 36.7 Å². The molecule has 2 aromatic rings. The third-order valence-corrected chi connectivity index (χ3v) is 4.92. The topological polar surface area (TPSA) is 63.7 Å². The molecule has 1 aliphatic heterocycles. The van der Waals surface area contributed by atoms with E-state index in [-0.39, 0.29) is 12.7 Å². The fourth-order valence-electron chi connectivity index (χ4n) is 3.63. The molecule has 26 heavy (non-hydrogen) atoms. The maximum Gasteiger partial charge on any atom is 0.242 e. The van der Waals surface area contributed by atoms with Crippen LogP contribution >= 0.6 is 0 Å². The number of likely N-dealkylation sites (N-methyl/N-ethyl adjacent to an activating group) is 1. The van der Waals surface area contributed by atoms with Gasteiger partial charge in [0.25, 0.3) is 0 Å². The van der Waals surface area contributed by atoms with Gasteiger partial charge in [-0.05, 0) is 62.2 Å². The van der Waals surface area contributed by atoms with E-state index in [1.165, 1.54) is 17.7 Å². The first-order valence-electron chi connectivity index (χ1n) is 8.92.